The molecule has 0 saturated heterocycles. The number of benzene rings is 1. The molecule has 0 saturated carbocycles. The lowest BCUT2D eigenvalue weighted by molar-refractivity contribution is -0.142. The first-order valence-electron chi connectivity index (χ1n) is 9.05. The average molecular weight is 389 g/mol. The van der Waals surface area contributed by atoms with Crippen molar-refractivity contribution in [1.82, 2.24) is 24.5 Å². The molecule has 1 unspecified atom stereocenters. The number of rotatable bonds is 5. The van der Waals surface area contributed by atoms with Gasteiger partial charge in [0, 0.05) is 37.3 Å². The van der Waals surface area contributed by atoms with E-state index in [0.29, 0.717) is 0 Å². The number of fused-ring (bicyclic) bond motifs is 1. The molecule has 146 valence electrons. The van der Waals surface area contributed by atoms with Gasteiger partial charge >= 0.3 is 5.97 Å². The third-order valence-corrected chi connectivity index (χ3v) is 4.75. The summed E-state index contributed by atoms with van der Waals surface area (Å²) in [5.74, 6) is -1.08. The Hall–Kier alpha value is -3.81. The van der Waals surface area contributed by atoms with Crippen LogP contribution < -0.4 is 5.43 Å². The van der Waals surface area contributed by atoms with Crippen LogP contribution in [0.4, 0.5) is 0 Å². The van der Waals surface area contributed by atoms with Crippen LogP contribution in [-0.2, 0) is 23.0 Å². The Morgan fingerprint density at radius 1 is 1.24 bits per heavy atom. The maximum Gasteiger partial charge on any atom is 0.313 e. The van der Waals surface area contributed by atoms with Gasteiger partial charge in [0.2, 0.25) is 5.43 Å². The van der Waals surface area contributed by atoms with Gasteiger partial charge < -0.3 is 4.74 Å². The minimum absolute atomic E-state index is 0.123. The average Bonchev–Trinajstić information content (AvgIpc) is 3.18. The number of aromatic nitrogens is 5. The fraction of sp³-hybridized carbons (Fsp3) is 0.190. The van der Waals surface area contributed by atoms with E-state index >= 15 is 0 Å². The van der Waals surface area contributed by atoms with Crippen molar-refractivity contribution in [3.8, 4) is 5.69 Å². The lowest BCUT2D eigenvalue weighted by Gasteiger charge is -2.15. The minimum Gasteiger partial charge on any atom is -0.469 e. The molecule has 8 nitrogen and oxygen atoms in total. The van der Waals surface area contributed by atoms with Gasteiger partial charge in [-0.3, -0.25) is 19.3 Å². The third kappa shape index (κ3) is 3.77. The highest BCUT2D eigenvalue weighted by molar-refractivity contribution is 5.83. The molecule has 0 fully saturated rings. The van der Waals surface area contributed by atoms with E-state index < -0.39 is 11.9 Å². The summed E-state index contributed by atoms with van der Waals surface area (Å²) in [6, 6.07) is 10.8. The van der Waals surface area contributed by atoms with Crippen LogP contribution in [0, 0.1) is 0 Å². The molecule has 0 amide bonds. The van der Waals surface area contributed by atoms with Crippen LogP contribution in [0.3, 0.4) is 0 Å². The molecule has 0 spiro atoms. The van der Waals surface area contributed by atoms with Crippen LogP contribution in [0.5, 0.6) is 0 Å². The highest BCUT2D eigenvalue weighted by Crippen LogP contribution is 2.24. The summed E-state index contributed by atoms with van der Waals surface area (Å²) in [7, 11) is 3.14. The minimum atomic E-state index is -0.658. The van der Waals surface area contributed by atoms with Crippen molar-refractivity contribution in [3.63, 3.8) is 0 Å². The number of hydrogen-bond acceptors (Lipinski definition) is 6. The molecule has 4 rings (SSSR count). The summed E-state index contributed by atoms with van der Waals surface area (Å²) in [6.45, 7) is 0. The van der Waals surface area contributed by atoms with Crippen LogP contribution in [0.25, 0.3) is 16.6 Å². The molecule has 1 aromatic carbocycles. The summed E-state index contributed by atoms with van der Waals surface area (Å²) in [5, 5.41) is 9.46. The standard InChI is InChI=1S/C21H19N5O3/c1-25-13-16(12-23-25)26-9-7-20(27)19(24-26)11-17(21(28)29-2)14-5-6-18-15(10-14)4-3-8-22-18/h3-10,12-13,17H,11H2,1-2H3. The maximum absolute atomic E-state index is 12.5. The lowest BCUT2D eigenvalue weighted by Crippen LogP contribution is -2.23. The Labute approximate surface area is 166 Å². The zero-order valence-electron chi connectivity index (χ0n) is 16.0. The molecule has 0 N–H and O–H groups in total. The van der Waals surface area contributed by atoms with E-state index in [4.69, 9.17) is 4.74 Å². The van der Waals surface area contributed by atoms with E-state index in [1.807, 2.05) is 30.3 Å². The highest BCUT2D eigenvalue weighted by atomic mass is 16.5. The first-order valence-corrected chi connectivity index (χ1v) is 9.05. The lowest BCUT2D eigenvalue weighted by atomic mass is 9.93. The first-order chi connectivity index (χ1) is 14.0. The topological polar surface area (TPSA) is 91.9 Å². The number of methoxy groups -OCH3 is 1. The smallest absolute Gasteiger partial charge is 0.313 e. The summed E-state index contributed by atoms with van der Waals surface area (Å²) in [5.41, 5.74) is 2.34. The molecule has 4 aromatic rings. The summed E-state index contributed by atoms with van der Waals surface area (Å²) >= 11 is 0. The molecule has 0 bridgehead atoms. The number of aryl methyl sites for hydroxylation is 1. The van der Waals surface area contributed by atoms with Crippen molar-refractivity contribution in [2.45, 2.75) is 12.3 Å². The van der Waals surface area contributed by atoms with Gasteiger partial charge in [-0.2, -0.15) is 10.2 Å². The predicted molar refractivity (Wildman–Crippen MR) is 107 cm³/mol. The Balaban J connectivity index is 1.73. The van der Waals surface area contributed by atoms with Gasteiger partial charge in [-0.25, -0.2) is 4.68 Å². The quantitative estimate of drug-likeness (QED) is 0.485. The van der Waals surface area contributed by atoms with E-state index in [1.165, 1.54) is 13.2 Å². The van der Waals surface area contributed by atoms with E-state index in [-0.39, 0.29) is 17.5 Å². The Bertz CT molecular complexity index is 1240. The number of esters is 1. The molecule has 3 aromatic heterocycles. The number of ether oxygens (including phenoxy) is 1. The number of nitrogens with zero attached hydrogens (tertiary/aromatic N) is 5. The second-order valence-electron chi connectivity index (χ2n) is 6.68. The Morgan fingerprint density at radius 3 is 2.86 bits per heavy atom. The van der Waals surface area contributed by atoms with Gasteiger partial charge in [0.05, 0.1) is 30.9 Å². The second-order valence-corrected chi connectivity index (χ2v) is 6.68. The molecular weight excluding hydrogens is 370 g/mol. The molecule has 3 heterocycles. The third-order valence-electron chi connectivity index (χ3n) is 4.75. The Kier molecular flexibility index (Phi) is 4.90. The molecule has 29 heavy (non-hydrogen) atoms. The van der Waals surface area contributed by atoms with Crippen LogP contribution in [0.1, 0.15) is 17.2 Å². The van der Waals surface area contributed by atoms with E-state index in [9.17, 15) is 9.59 Å². The molecule has 0 aliphatic carbocycles. The molecule has 1 atom stereocenters. The normalized spacial score (nSPS) is 12.1. The second kappa shape index (κ2) is 7.67. The van der Waals surface area contributed by atoms with E-state index in [0.717, 1.165) is 22.2 Å². The van der Waals surface area contributed by atoms with Crippen molar-refractivity contribution < 1.29 is 9.53 Å². The van der Waals surface area contributed by atoms with Crippen LogP contribution >= 0.6 is 0 Å². The fourth-order valence-electron chi connectivity index (χ4n) is 3.24. The Morgan fingerprint density at radius 2 is 2.10 bits per heavy atom. The van der Waals surface area contributed by atoms with Crippen molar-refractivity contribution in [2.24, 2.45) is 7.05 Å². The van der Waals surface area contributed by atoms with Crippen molar-refractivity contribution in [3.05, 3.63) is 82.7 Å². The SMILES string of the molecule is COC(=O)C(Cc1nn(-c2cnn(C)c2)ccc1=O)c1ccc2ncccc2c1. The van der Waals surface area contributed by atoms with Crippen molar-refractivity contribution in [1.29, 1.82) is 0 Å². The molecule has 8 heteroatoms. The number of hydrogen-bond donors (Lipinski definition) is 0. The maximum atomic E-state index is 12.5. The summed E-state index contributed by atoms with van der Waals surface area (Å²) in [6.07, 6.45) is 6.86. The van der Waals surface area contributed by atoms with E-state index in [2.05, 4.69) is 15.2 Å². The fourth-order valence-corrected chi connectivity index (χ4v) is 3.24. The molecule has 0 aliphatic heterocycles. The summed E-state index contributed by atoms with van der Waals surface area (Å²) in [4.78, 5) is 29.3. The largest absolute Gasteiger partial charge is 0.469 e. The van der Waals surface area contributed by atoms with Gasteiger partial charge in [0.15, 0.2) is 0 Å². The monoisotopic (exact) mass is 389 g/mol. The predicted octanol–water partition coefficient (Wildman–Crippen LogP) is 2.01. The van der Waals surface area contributed by atoms with Crippen molar-refractivity contribution >= 4 is 16.9 Å². The van der Waals surface area contributed by atoms with Gasteiger partial charge in [0.25, 0.3) is 0 Å². The number of pyridine rings is 1. The van der Waals surface area contributed by atoms with Crippen LogP contribution in [0.2, 0.25) is 0 Å². The van der Waals surface area contributed by atoms with Crippen LogP contribution in [-0.4, -0.2) is 37.6 Å². The highest BCUT2D eigenvalue weighted by Gasteiger charge is 2.24. The van der Waals surface area contributed by atoms with Crippen molar-refractivity contribution in [2.75, 3.05) is 7.11 Å². The number of carbonyl (C=O) groups excluding carboxylic acids is 1. The van der Waals surface area contributed by atoms with Gasteiger partial charge in [-0.05, 0) is 23.8 Å². The van der Waals surface area contributed by atoms with Gasteiger partial charge in [-0.15, -0.1) is 0 Å². The zero-order chi connectivity index (χ0) is 20.4. The molecular formula is C21H19N5O3. The number of carbonyl (C=O) groups is 1. The first kappa shape index (κ1) is 18.5. The molecule has 0 radical (unpaired) electrons. The van der Waals surface area contributed by atoms with Crippen LogP contribution in [0.15, 0.2) is 66.0 Å². The summed E-state index contributed by atoms with van der Waals surface area (Å²) < 4.78 is 8.22. The molecule has 0 aliphatic rings. The van der Waals surface area contributed by atoms with Gasteiger partial charge in [-0.1, -0.05) is 12.1 Å². The zero-order valence-corrected chi connectivity index (χ0v) is 16.0. The van der Waals surface area contributed by atoms with E-state index in [1.54, 1.807) is 41.2 Å². The van der Waals surface area contributed by atoms with Gasteiger partial charge in [0.1, 0.15) is 11.4 Å².